The van der Waals surface area contributed by atoms with Crippen molar-refractivity contribution in [3.05, 3.63) is 11.6 Å². The van der Waals surface area contributed by atoms with Crippen LogP contribution in [0.15, 0.2) is 11.6 Å². The van der Waals surface area contributed by atoms with E-state index in [0.717, 1.165) is 5.57 Å². The van der Waals surface area contributed by atoms with Crippen LogP contribution >= 0.6 is 0 Å². The van der Waals surface area contributed by atoms with Crippen molar-refractivity contribution in [1.29, 1.82) is 0 Å². The van der Waals surface area contributed by atoms with Gasteiger partial charge in [-0.25, -0.2) is 0 Å². The van der Waals surface area contributed by atoms with E-state index in [0.29, 0.717) is 38.5 Å². The van der Waals surface area contributed by atoms with Gasteiger partial charge < -0.3 is 89.7 Å². The summed E-state index contributed by atoms with van der Waals surface area (Å²) in [5.41, 5.74) is -3.81. The topological polar surface area (TPSA) is 315 Å². The molecule has 3 aliphatic heterocycles. The van der Waals surface area contributed by atoms with Gasteiger partial charge in [0, 0.05) is 5.41 Å². The van der Waals surface area contributed by atoms with Gasteiger partial charge in [0.25, 0.3) is 0 Å². The Hall–Kier alpha value is -1.47. The van der Waals surface area contributed by atoms with Crippen LogP contribution in [0.4, 0.5) is 0 Å². The van der Waals surface area contributed by atoms with Crippen LogP contribution in [0, 0.1) is 50.2 Å². The van der Waals surface area contributed by atoms with E-state index in [1.807, 2.05) is 6.92 Å². The molecule has 0 radical (unpaired) electrons. The SMILES string of the molecule is CC1(C)CC[C@]2(C(=O)O[C@H]3OC[C@H](O)[C@H](O)[C@H]3O)[C@H](O[C@@H]3O[C@H](CO)[C@@H](O)[C@H](O)[C@H]3O[C@@H]3OC[C@H](O)[C@H](O)[C@H]3O)C[C@]3(C)C(=CC[C@@H]4[C@@]5(C)C[C@H](O)[C@H](O)[C@@](C)(CO)[C@@H]5CC[C@]43C)[C@@H]2C1. The van der Waals surface area contributed by atoms with Crippen molar-refractivity contribution >= 4 is 5.97 Å². The number of carbonyl (C=O) groups excluding carboxylic acids is 1. The molecule has 0 aromatic heterocycles. The molecule has 12 N–H and O–H groups in total. The molecule has 8 aliphatic rings. The zero-order valence-corrected chi connectivity index (χ0v) is 38.3. The quantitative estimate of drug-likeness (QED) is 0.0957. The molecular weight excluding hydrogens is 856 g/mol. The lowest BCUT2D eigenvalue weighted by atomic mass is 9.33. The number of hydrogen-bond donors (Lipinski definition) is 12. The zero-order chi connectivity index (χ0) is 47.6. The summed E-state index contributed by atoms with van der Waals surface area (Å²) in [5.74, 6) is -1.68. The summed E-state index contributed by atoms with van der Waals surface area (Å²) in [6, 6.07) is 0. The third kappa shape index (κ3) is 7.61. The van der Waals surface area contributed by atoms with Crippen LogP contribution in [0.2, 0.25) is 0 Å². The maximum absolute atomic E-state index is 15.5. The van der Waals surface area contributed by atoms with Gasteiger partial charge in [-0.2, -0.15) is 0 Å². The highest BCUT2D eigenvalue weighted by Crippen LogP contribution is 2.76. The van der Waals surface area contributed by atoms with Gasteiger partial charge in [0.05, 0.1) is 44.7 Å². The van der Waals surface area contributed by atoms with E-state index >= 15 is 4.79 Å². The number of allylic oxidation sites excluding steroid dienone is 2. The molecule has 19 heteroatoms. The van der Waals surface area contributed by atoms with Crippen LogP contribution in [-0.4, -0.2) is 192 Å². The van der Waals surface area contributed by atoms with Crippen LogP contribution < -0.4 is 0 Å². The van der Waals surface area contributed by atoms with Crippen molar-refractivity contribution in [3.8, 4) is 0 Å². The Kier molecular flexibility index (Phi) is 13.4. The summed E-state index contributed by atoms with van der Waals surface area (Å²) >= 11 is 0. The summed E-state index contributed by atoms with van der Waals surface area (Å²) < 4.78 is 36.6. The van der Waals surface area contributed by atoms with Gasteiger partial charge >= 0.3 is 5.97 Å². The Bertz CT molecular complexity index is 1780. The number of aliphatic hydroxyl groups excluding tert-OH is 12. The van der Waals surface area contributed by atoms with Crippen LogP contribution in [0.1, 0.15) is 92.9 Å². The maximum atomic E-state index is 15.5. The molecule has 0 spiro atoms. The average Bonchev–Trinajstić information content (AvgIpc) is 3.25. The van der Waals surface area contributed by atoms with E-state index < -0.39 is 157 Å². The van der Waals surface area contributed by atoms with Gasteiger partial charge in [0.15, 0.2) is 12.6 Å². The molecule has 65 heavy (non-hydrogen) atoms. The van der Waals surface area contributed by atoms with Crippen molar-refractivity contribution in [2.24, 2.45) is 50.2 Å². The molecular formula is C46H74O19. The van der Waals surface area contributed by atoms with Gasteiger partial charge in [0.2, 0.25) is 6.29 Å². The van der Waals surface area contributed by atoms with Crippen LogP contribution in [0.3, 0.4) is 0 Å². The highest BCUT2D eigenvalue weighted by atomic mass is 16.8. The summed E-state index contributed by atoms with van der Waals surface area (Å²) in [7, 11) is 0. The van der Waals surface area contributed by atoms with Crippen molar-refractivity contribution < 1.29 is 94.5 Å². The van der Waals surface area contributed by atoms with Crippen molar-refractivity contribution in [2.75, 3.05) is 26.4 Å². The molecule has 0 amide bonds. The Morgan fingerprint density at radius 1 is 0.692 bits per heavy atom. The standard InChI is InChI=1S/C46H74O19/c1-41(2)11-12-46(40(59)65-38-34(57)30(53)24(51)18-61-38)21(13-41)20-7-8-27-42(3)14-22(49)36(58)43(4,19-48)26(42)9-10-44(27,5)45(20,6)15-28(46)63-39-35(32(55)31(54)25(16-47)62-39)64-37-33(56)29(52)23(50)17-60-37/h7,21-39,47-58H,8-19H2,1-6H3/t21-,22-,23-,24-,25+,26+,27+,28+,29-,30-,31+,32-,33+,34+,35+,36-,37-,38+,39-,42-,43-,44+,45+,46+/m0/s1. The third-order valence-electron chi connectivity index (χ3n) is 18.7. The summed E-state index contributed by atoms with van der Waals surface area (Å²) in [6.45, 7) is 10.6. The number of esters is 1. The van der Waals surface area contributed by atoms with E-state index in [2.05, 4.69) is 40.7 Å². The van der Waals surface area contributed by atoms with Crippen molar-refractivity contribution in [1.82, 2.24) is 0 Å². The van der Waals surface area contributed by atoms with E-state index in [1.165, 1.54) is 0 Å². The minimum Gasteiger partial charge on any atom is -0.432 e. The average molecular weight is 931 g/mol. The van der Waals surface area contributed by atoms with Crippen molar-refractivity contribution in [3.63, 3.8) is 0 Å². The molecule has 24 atom stereocenters. The van der Waals surface area contributed by atoms with Gasteiger partial charge in [0.1, 0.15) is 66.5 Å². The van der Waals surface area contributed by atoms with E-state index in [9.17, 15) is 61.3 Å². The first-order chi connectivity index (χ1) is 30.3. The molecule has 3 heterocycles. The third-order valence-corrected chi connectivity index (χ3v) is 18.7. The molecule has 3 saturated heterocycles. The minimum atomic E-state index is -1.84. The molecule has 8 rings (SSSR count). The van der Waals surface area contributed by atoms with Crippen LogP contribution in [-0.2, 0) is 33.2 Å². The molecule has 0 bridgehead atoms. The summed E-state index contributed by atoms with van der Waals surface area (Å²) in [4.78, 5) is 15.5. The fourth-order valence-electron chi connectivity index (χ4n) is 14.6. The zero-order valence-electron chi connectivity index (χ0n) is 38.3. The first-order valence-electron chi connectivity index (χ1n) is 23.5. The first-order valence-corrected chi connectivity index (χ1v) is 23.5. The molecule has 0 aromatic rings. The highest BCUT2D eigenvalue weighted by Gasteiger charge is 2.73. The molecule has 5 aliphatic carbocycles. The largest absolute Gasteiger partial charge is 0.432 e. The second-order valence-electron chi connectivity index (χ2n) is 22.7. The highest BCUT2D eigenvalue weighted by molar-refractivity contribution is 5.80. The molecule has 372 valence electrons. The van der Waals surface area contributed by atoms with E-state index in [4.69, 9.17) is 28.4 Å². The van der Waals surface area contributed by atoms with Gasteiger partial charge in [-0.15, -0.1) is 0 Å². The lowest BCUT2D eigenvalue weighted by molar-refractivity contribution is -0.371. The fraction of sp³-hybridized carbons (Fsp3) is 0.935. The Labute approximate surface area is 379 Å². The van der Waals surface area contributed by atoms with Gasteiger partial charge in [-0.1, -0.05) is 53.2 Å². The van der Waals surface area contributed by atoms with Gasteiger partial charge in [-0.05, 0) is 90.8 Å². The number of ether oxygens (including phenoxy) is 6. The lowest BCUT2D eigenvalue weighted by Crippen LogP contribution is -2.70. The fourth-order valence-corrected chi connectivity index (χ4v) is 14.6. The molecule has 19 nitrogen and oxygen atoms in total. The molecule has 7 fully saturated rings. The number of hydrogen-bond acceptors (Lipinski definition) is 19. The Balaban J connectivity index is 1.25. The first kappa shape index (κ1) is 49.9. The number of rotatable bonds is 8. The van der Waals surface area contributed by atoms with Crippen molar-refractivity contribution in [2.45, 2.75) is 191 Å². The summed E-state index contributed by atoms with van der Waals surface area (Å²) in [5, 5.41) is 130. The molecule has 4 saturated carbocycles. The Morgan fingerprint density at radius 3 is 1.95 bits per heavy atom. The summed E-state index contributed by atoms with van der Waals surface area (Å²) in [6.07, 6.45) is -19.4. The maximum Gasteiger partial charge on any atom is 0.317 e. The molecule has 0 aromatic carbocycles. The second-order valence-corrected chi connectivity index (χ2v) is 22.7. The second kappa shape index (κ2) is 17.4. The number of carbonyl (C=O) groups is 1. The van der Waals surface area contributed by atoms with E-state index in [1.54, 1.807) is 0 Å². The van der Waals surface area contributed by atoms with Gasteiger partial charge in [-0.3, -0.25) is 4.79 Å². The lowest BCUT2D eigenvalue weighted by Gasteiger charge is -2.72. The Morgan fingerprint density at radius 2 is 1.32 bits per heavy atom. The smallest absolute Gasteiger partial charge is 0.317 e. The minimum absolute atomic E-state index is 0.101. The predicted molar refractivity (Wildman–Crippen MR) is 222 cm³/mol. The molecule has 0 unspecified atom stereocenters. The number of aliphatic hydroxyl groups is 12. The van der Waals surface area contributed by atoms with E-state index in [-0.39, 0.29) is 36.7 Å². The normalized spacial score (nSPS) is 55.4. The number of fused-ring (bicyclic) bond motifs is 7. The predicted octanol–water partition coefficient (Wildman–Crippen LogP) is -1.67. The van der Waals surface area contributed by atoms with Crippen LogP contribution in [0.25, 0.3) is 0 Å². The van der Waals surface area contributed by atoms with Crippen LogP contribution in [0.5, 0.6) is 0 Å². The monoisotopic (exact) mass is 930 g/mol.